The summed E-state index contributed by atoms with van der Waals surface area (Å²) in [5.74, 6) is 1.43. The highest BCUT2D eigenvalue weighted by molar-refractivity contribution is 7.99. The SMILES string of the molecule is CSCC(O)CSc1ncn[nH]1. The number of nitrogens with zero attached hydrogens (tertiary/aromatic N) is 2. The van der Waals surface area contributed by atoms with E-state index < -0.39 is 0 Å². The zero-order chi connectivity index (χ0) is 8.81. The van der Waals surface area contributed by atoms with Crippen LogP contribution in [0, 0.1) is 0 Å². The summed E-state index contributed by atoms with van der Waals surface area (Å²) in [6.07, 6.45) is 3.17. The molecule has 68 valence electrons. The molecule has 0 aromatic carbocycles. The molecule has 1 rings (SSSR count). The fourth-order valence-electron chi connectivity index (χ4n) is 0.679. The van der Waals surface area contributed by atoms with Crippen LogP contribution >= 0.6 is 23.5 Å². The van der Waals surface area contributed by atoms with Crippen LogP contribution in [0.3, 0.4) is 0 Å². The fourth-order valence-corrected chi connectivity index (χ4v) is 2.04. The quantitative estimate of drug-likeness (QED) is 0.690. The number of aromatic nitrogens is 3. The van der Waals surface area contributed by atoms with Gasteiger partial charge in [0.15, 0.2) is 5.16 Å². The summed E-state index contributed by atoms with van der Waals surface area (Å²) in [4.78, 5) is 3.93. The summed E-state index contributed by atoms with van der Waals surface area (Å²) >= 11 is 3.12. The van der Waals surface area contributed by atoms with E-state index in [1.165, 1.54) is 18.1 Å². The van der Waals surface area contributed by atoms with Gasteiger partial charge in [0.2, 0.25) is 0 Å². The third-order valence-electron chi connectivity index (χ3n) is 1.16. The Morgan fingerprint density at radius 3 is 3.08 bits per heavy atom. The van der Waals surface area contributed by atoms with Crippen LogP contribution in [0.25, 0.3) is 0 Å². The van der Waals surface area contributed by atoms with Gasteiger partial charge >= 0.3 is 0 Å². The predicted molar refractivity (Wildman–Crippen MR) is 51.5 cm³/mol. The van der Waals surface area contributed by atoms with Crippen LogP contribution in [0.2, 0.25) is 0 Å². The molecule has 0 saturated carbocycles. The van der Waals surface area contributed by atoms with Crippen LogP contribution in [-0.2, 0) is 0 Å². The minimum Gasteiger partial charge on any atom is -0.391 e. The number of rotatable bonds is 5. The molecule has 0 bridgehead atoms. The summed E-state index contributed by atoms with van der Waals surface area (Å²) in [6, 6.07) is 0. The number of H-pyrrole nitrogens is 1. The molecule has 4 nitrogen and oxygen atoms in total. The van der Waals surface area contributed by atoms with E-state index in [-0.39, 0.29) is 6.10 Å². The van der Waals surface area contributed by atoms with Crippen molar-refractivity contribution in [2.75, 3.05) is 17.8 Å². The molecule has 1 aromatic heterocycles. The second-order valence-corrected chi connectivity index (χ2v) is 4.13. The Hall–Kier alpha value is -0.200. The maximum atomic E-state index is 9.34. The first-order valence-corrected chi connectivity index (χ1v) is 5.86. The van der Waals surface area contributed by atoms with Crippen LogP contribution in [0.5, 0.6) is 0 Å². The van der Waals surface area contributed by atoms with Crippen molar-refractivity contribution in [3.05, 3.63) is 6.33 Å². The van der Waals surface area contributed by atoms with Crippen LogP contribution in [0.1, 0.15) is 0 Å². The van der Waals surface area contributed by atoms with Crippen molar-refractivity contribution in [1.29, 1.82) is 0 Å². The lowest BCUT2D eigenvalue weighted by molar-refractivity contribution is 0.225. The van der Waals surface area contributed by atoms with E-state index in [1.807, 2.05) is 6.26 Å². The van der Waals surface area contributed by atoms with Crippen molar-refractivity contribution in [3.8, 4) is 0 Å². The Balaban J connectivity index is 2.17. The van der Waals surface area contributed by atoms with Gasteiger partial charge in [-0.2, -0.15) is 16.9 Å². The molecule has 0 fully saturated rings. The minimum atomic E-state index is -0.268. The van der Waals surface area contributed by atoms with E-state index in [2.05, 4.69) is 15.2 Å². The van der Waals surface area contributed by atoms with Crippen LogP contribution in [-0.4, -0.2) is 44.2 Å². The third-order valence-corrected chi connectivity index (χ3v) is 2.90. The van der Waals surface area contributed by atoms with Crippen molar-refractivity contribution < 1.29 is 5.11 Å². The number of nitrogens with one attached hydrogen (secondary N) is 1. The Morgan fingerprint density at radius 1 is 1.67 bits per heavy atom. The van der Waals surface area contributed by atoms with Gasteiger partial charge in [-0.3, -0.25) is 5.10 Å². The Kier molecular flexibility index (Phi) is 4.49. The van der Waals surface area contributed by atoms with Crippen LogP contribution in [0.15, 0.2) is 11.5 Å². The molecule has 0 spiro atoms. The molecule has 0 amide bonds. The Bertz CT molecular complexity index is 205. The Morgan fingerprint density at radius 2 is 2.50 bits per heavy atom. The van der Waals surface area contributed by atoms with E-state index in [4.69, 9.17) is 0 Å². The summed E-state index contributed by atoms with van der Waals surface area (Å²) in [5.41, 5.74) is 0. The molecule has 2 N–H and O–H groups in total. The van der Waals surface area contributed by atoms with E-state index in [1.54, 1.807) is 11.8 Å². The second kappa shape index (κ2) is 5.45. The molecule has 0 saturated heterocycles. The molecule has 1 atom stereocenters. The average Bonchev–Trinajstić information content (AvgIpc) is 2.53. The largest absolute Gasteiger partial charge is 0.391 e. The monoisotopic (exact) mass is 205 g/mol. The maximum absolute atomic E-state index is 9.34. The summed E-state index contributed by atoms with van der Waals surface area (Å²) in [6.45, 7) is 0. The molecule has 0 aliphatic heterocycles. The first-order valence-electron chi connectivity index (χ1n) is 3.48. The molecule has 6 heteroatoms. The lowest BCUT2D eigenvalue weighted by Crippen LogP contribution is -2.12. The zero-order valence-electron chi connectivity index (χ0n) is 6.73. The van der Waals surface area contributed by atoms with Crippen molar-refractivity contribution in [2.24, 2.45) is 0 Å². The number of aliphatic hydroxyl groups excluding tert-OH is 1. The zero-order valence-corrected chi connectivity index (χ0v) is 8.36. The van der Waals surface area contributed by atoms with Gasteiger partial charge in [0.25, 0.3) is 0 Å². The molecule has 0 radical (unpaired) electrons. The third kappa shape index (κ3) is 3.46. The van der Waals surface area contributed by atoms with Gasteiger partial charge in [0.05, 0.1) is 6.10 Å². The second-order valence-electron chi connectivity index (χ2n) is 2.21. The Labute approximate surface area is 79.5 Å². The highest BCUT2D eigenvalue weighted by atomic mass is 32.2. The molecule has 0 aliphatic carbocycles. The average molecular weight is 205 g/mol. The number of thioether (sulfide) groups is 2. The van der Waals surface area contributed by atoms with E-state index in [0.717, 1.165) is 10.9 Å². The lowest BCUT2D eigenvalue weighted by Gasteiger charge is -2.05. The number of aromatic amines is 1. The van der Waals surface area contributed by atoms with Gasteiger partial charge < -0.3 is 5.11 Å². The fraction of sp³-hybridized carbons (Fsp3) is 0.667. The van der Waals surface area contributed by atoms with Crippen LogP contribution < -0.4 is 0 Å². The maximum Gasteiger partial charge on any atom is 0.183 e. The standard InChI is InChI=1S/C6H11N3OS2/c1-11-2-5(10)3-12-6-7-4-8-9-6/h4-5,10H,2-3H2,1H3,(H,7,8,9). The van der Waals surface area contributed by atoms with Gasteiger partial charge in [-0.1, -0.05) is 11.8 Å². The molecule has 1 heterocycles. The van der Waals surface area contributed by atoms with E-state index in [9.17, 15) is 5.11 Å². The van der Waals surface area contributed by atoms with Gasteiger partial charge in [-0.05, 0) is 6.26 Å². The van der Waals surface area contributed by atoms with Crippen molar-refractivity contribution in [2.45, 2.75) is 11.3 Å². The van der Waals surface area contributed by atoms with Crippen LogP contribution in [0.4, 0.5) is 0 Å². The topological polar surface area (TPSA) is 61.8 Å². The van der Waals surface area contributed by atoms with E-state index >= 15 is 0 Å². The van der Waals surface area contributed by atoms with Gasteiger partial charge in [0, 0.05) is 11.5 Å². The first kappa shape index (κ1) is 9.88. The number of aliphatic hydroxyl groups is 1. The molecule has 0 aliphatic rings. The number of hydrogen-bond donors (Lipinski definition) is 2. The summed E-state index contributed by atoms with van der Waals surface area (Å²) in [7, 11) is 0. The van der Waals surface area contributed by atoms with Gasteiger partial charge in [-0.15, -0.1) is 0 Å². The first-order chi connectivity index (χ1) is 5.83. The van der Waals surface area contributed by atoms with Crippen molar-refractivity contribution >= 4 is 23.5 Å². The van der Waals surface area contributed by atoms with Crippen molar-refractivity contribution in [1.82, 2.24) is 15.2 Å². The smallest absolute Gasteiger partial charge is 0.183 e. The lowest BCUT2D eigenvalue weighted by atomic mass is 10.5. The number of hydrogen-bond acceptors (Lipinski definition) is 5. The normalized spacial score (nSPS) is 13.2. The van der Waals surface area contributed by atoms with E-state index in [0.29, 0.717) is 5.75 Å². The molecule has 1 aromatic rings. The molecular formula is C6H11N3OS2. The summed E-state index contributed by atoms with van der Waals surface area (Å²) in [5, 5.41) is 16.5. The molecule has 1 unspecified atom stereocenters. The predicted octanol–water partition coefficient (Wildman–Crippen LogP) is 0.621. The van der Waals surface area contributed by atoms with Crippen molar-refractivity contribution in [3.63, 3.8) is 0 Å². The minimum absolute atomic E-state index is 0.268. The highest BCUT2D eigenvalue weighted by Gasteiger charge is 2.04. The summed E-state index contributed by atoms with van der Waals surface area (Å²) < 4.78 is 0. The van der Waals surface area contributed by atoms with Gasteiger partial charge in [-0.25, -0.2) is 4.98 Å². The molecule has 12 heavy (non-hydrogen) atoms. The highest BCUT2D eigenvalue weighted by Crippen LogP contribution is 2.13. The molecular weight excluding hydrogens is 194 g/mol. The van der Waals surface area contributed by atoms with Gasteiger partial charge in [0.1, 0.15) is 6.33 Å².